The molecule has 0 saturated heterocycles. The fourth-order valence-electron chi connectivity index (χ4n) is 1.43. The summed E-state index contributed by atoms with van der Waals surface area (Å²) in [5.41, 5.74) is 0. The van der Waals surface area contributed by atoms with E-state index in [1.165, 1.54) is 4.88 Å². The van der Waals surface area contributed by atoms with Crippen molar-refractivity contribution in [3.63, 3.8) is 0 Å². The molecule has 2 rings (SSSR count). The average molecular weight is 266 g/mol. The summed E-state index contributed by atoms with van der Waals surface area (Å²) in [6.45, 7) is 2.78. The molecule has 0 spiro atoms. The highest BCUT2D eigenvalue weighted by atomic mass is 32.1. The molecular weight excluding hydrogens is 252 g/mol. The van der Waals surface area contributed by atoms with E-state index < -0.39 is 0 Å². The summed E-state index contributed by atoms with van der Waals surface area (Å²) in [7, 11) is 0. The first-order valence-electron chi connectivity index (χ1n) is 5.51. The normalized spacial score (nSPS) is 10.6. The van der Waals surface area contributed by atoms with Crippen LogP contribution in [0.15, 0.2) is 29.6 Å². The Hall–Kier alpha value is -0.970. The average Bonchev–Trinajstić information content (AvgIpc) is 2.99. The molecule has 0 fully saturated rings. The standard InChI is InChI=1S/C13H14O2S2/c1-2-10-5-6-13(17-10)12(14)9-15-8-11-4-3-7-16-11/h3-7H,2,8-9H2,1H3. The molecule has 0 aliphatic carbocycles. The number of ether oxygens (including phenoxy) is 1. The first-order chi connectivity index (χ1) is 8.29. The molecule has 4 heteroatoms. The lowest BCUT2D eigenvalue weighted by Gasteiger charge is -2.00. The van der Waals surface area contributed by atoms with Gasteiger partial charge in [-0.1, -0.05) is 13.0 Å². The molecule has 17 heavy (non-hydrogen) atoms. The number of aryl methyl sites for hydroxylation is 1. The largest absolute Gasteiger partial charge is 0.368 e. The van der Waals surface area contributed by atoms with Gasteiger partial charge in [0.05, 0.1) is 11.5 Å². The van der Waals surface area contributed by atoms with Crippen LogP contribution >= 0.6 is 22.7 Å². The van der Waals surface area contributed by atoms with Crippen LogP contribution in [-0.2, 0) is 17.8 Å². The van der Waals surface area contributed by atoms with Crippen LogP contribution < -0.4 is 0 Å². The van der Waals surface area contributed by atoms with Crippen LogP contribution in [0, 0.1) is 0 Å². The van der Waals surface area contributed by atoms with Crippen molar-refractivity contribution >= 4 is 28.5 Å². The van der Waals surface area contributed by atoms with Gasteiger partial charge in [-0.25, -0.2) is 0 Å². The van der Waals surface area contributed by atoms with Gasteiger partial charge in [-0.3, -0.25) is 4.79 Å². The van der Waals surface area contributed by atoms with Gasteiger partial charge in [-0.2, -0.15) is 0 Å². The summed E-state index contributed by atoms with van der Waals surface area (Å²) in [5, 5.41) is 2.01. The van der Waals surface area contributed by atoms with E-state index in [2.05, 4.69) is 6.92 Å². The van der Waals surface area contributed by atoms with Crippen LogP contribution in [0.2, 0.25) is 0 Å². The van der Waals surface area contributed by atoms with E-state index in [0.29, 0.717) is 6.61 Å². The second kappa shape index (κ2) is 6.10. The zero-order valence-electron chi connectivity index (χ0n) is 9.64. The third-order valence-electron chi connectivity index (χ3n) is 2.34. The van der Waals surface area contributed by atoms with E-state index in [4.69, 9.17) is 4.74 Å². The molecule has 0 N–H and O–H groups in total. The van der Waals surface area contributed by atoms with Crippen molar-refractivity contribution in [1.82, 2.24) is 0 Å². The molecule has 0 aliphatic rings. The van der Waals surface area contributed by atoms with Crippen LogP contribution in [0.3, 0.4) is 0 Å². The molecule has 0 radical (unpaired) electrons. The van der Waals surface area contributed by atoms with E-state index in [1.807, 2.05) is 29.6 Å². The number of thiophene rings is 2. The summed E-state index contributed by atoms with van der Waals surface area (Å²) >= 11 is 3.21. The lowest BCUT2D eigenvalue weighted by atomic mass is 10.3. The molecule has 2 aromatic rings. The summed E-state index contributed by atoms with van der Waals surface area (Å²) < 4.78 is 5.40. The summed E-state index contributed by atoms with van der Waals surface area (Å²) in [6.07, 6.45) is 0.980. The lowest BCUT2D eigenvalue weighted by molar-refractivity contribution is 0.0735. The third kappa shape index (κ3) is 3.49. The zero-order valence-corrected chi connectivity index (χ0v) is 11.3. The van der Waals surface area contributed by atoms with Crippen LogP contribution in [0.1, 0.15) is 26.3 Å². The van der Waals surface area contributed by atoms with Crippen molar-refractivity contribution in [2.24, 2.45) is 0 Å². The SMILES string of the molecule is CCc1ccc(C(=O)COCc2cccs2)s1. The number of hydrogen-bond acceptors (Lipinski definition) is 4. The quantitative estimate of drug-likeness (QED) is 0.744. The Morgan fingerprint density at radius 3 is 2.82 bits per heavy atom. The van der Waals surface area contributed by atoms with E-state index in [1.54, 1.807) is 22.7 Å². The first-order valence-corrected chi connectivity index (χ1v) is 7.21. The summed E-state index contributed by atoms with van der Waals surface area (Å²) in [6, 6.07) is 7.89. The minimum absolute atomic E-state index is 0.0752. The predicted molar refractivity (Wildman–Crippen MR) is 72.0 cm³/mol. The summed E-state index contributed by atoms with van der Waals surface area (Å²) in [4.78, 5) is 15.0. The van der Waals surface area contributed by atoms with Crippen molar-refractivity contribution in [3.8, 4) is 0 Å². The summed E-state index contributed by atoms with van der Waals surface area (Å²) in [5.74, 6) is 0.0752. The first kappa shape index (κ1) is 12.5. The molecule has 0 bridgehead atoms. The fourth-order valence-corrected chi connectivity index (χ4v) is 2.94. The Morgan fingerprint density at radius 1 is 1.29 bits per heavy atom. The van der Waals surface area contributed by atoms with Gasteiger partial charge < -0.3 is 4.74 Å². The molecular formula is C13H14O2S2. The number of Topliss-reactive ketones (excluding diaryl/α,β-unsaturated/α-hetero) is 1. The number of ketones is 1. The minimum Gasteiger partial charge on any atom is -0.368 e. The van der Waals surface area contributed by atoms with Gasteiger partial charge in [-0.15, -0.1) is 22.7 Å². The van der Waals surface area contributed by atoms with Crippen molar-refractivity contribution < 1.29 is 9.53 Å². The number of carbonyl (C=O) groups excluding carboxylic acids is 1. The second-order valence-electron chi connectivity index (χ2n) is 3.61. The Kier molecular flexibility index (Phi) is 4.48. The zero-order chi connectivity index (χ0) is 12.1. The molecule has 0 amide bonds. The highest BCUT2D eigenvalue weighted by Gasteiger charge is 2.09. The topological polar surface area (TPSA) is 26.3 Å². The van der Waals surface area contributed by atoms with Gasteiger partial charge in [0.25, 0.3) is 0 Å². The molecule has 0 unspecified atom stereocenters. The molecule has 0 saturated carbocycles. The van der Waals surface area contributed by atoms with Crippen LogP contribution in [0.25, 0.3) is 0 Å². The van der Waals surface area contributed by atoms with Crippen molar-refractivity contribution in [2.45, 2.75) is 20.0 Å². The third-order valence-corrected chi connectivity index (χ3v) is 4.46. The van der Waals surface area contributed by atoms with Crippen LogP contribution in [0.4, 0.5) is 0 Å². The van der Waals surface area contributed by atoms with Crippen LogP contribution in [-0.4, -0.2) is 12.4 Å². The molecule has 2 heterocycles. The maximum absolute atomic E-state index is 11.8. The Labute approximate surface area is 109 Å². The van der Waals surface area contributed by atoms with Gasteiger partial charge >= 0.3 is 0 Å². The molecule has 2 aromatic heterocycles. The second-order valence-corrected chi connectivity index (χ2v) is 5.82. The number of rotatable bonds is 6. The molecule has 2 nitrogen and oxygen atoms in total. The highest BCUT2D eigenvalue weighted by molar-refractivity contribution is 7.14. The Bertz CT molecular complexity index is 471. The molecule has 0 aromatic carbocycles. The molecule has 90 valence electrons. The van der Waals surface area contributed by atoms with E-state index in [-0.39, 0.29) is 12.4 Å². The van der Waals surface area contributed by atoms with Crippen LogP contribution in [0.5, 0.6) is 0 Å². The van der Waals surface area contributed by atoms with E-state index in [9.17, 15) is 4.79 Å². The lowest BCUT2D eigenvalue weighted by Crippen LogP contribution is -2.06. The fraction of sp³-hybridized carbons (Fsp3) is 0.308. The van der Waals surface area contributed by atoms with E-state index >= 15 is 0 Å². The van der Waals surface area contributed by atoms with Crippen molar-refractivity contribution in [2.75, 3.05) is 6.61 Å². The van der Waals surface area contributed by atoms with Gasteiger partial charge in [0.2, 0.25) is 0 Å². The monoisotopic (exact) mass is 266 g/mol. The molecule has 0 atom stereocenters. The maximum Gasteiger partial charge on any atom is 0.198 e. The predicted octanol–water partition coefficient (Wildman–Crippen LogP) is 3.77. The van der Waals surface area contributed by atoms with Gasteiger partial charge in [0, 0.05) is 9.75 Å². The molecule has 0 aliphatic heterocycles. The Morgan fingerprint density at radius 2 is 2.18 bits per heavy atom. The smallest absolute Gasteiger partial charge is 0.198 e. The van der Waals surface area contributed by atoms with E-state index in [0.717, 1.165) is 16.2 Å². The van der Waals surface area contributed by atoms with Crippen molar-refractivity contribution in [3.05, 3.63) is 44.3 Å². The van der Waals surface area contributed by atoms with Crippen molar-refractivity contribution in [1.29, 1.82) is 0 Å². The maximum atomic E-state index is 11.8. The highest BCUT2D eigenvalue weighted by Crippen LogP contribution is 2.18. The van der Waals surface area contributed by atoms with Gasteiger partial charge in [-0.05, 0) is 30.0 Å². The van der Waals surface area contributed by atoms with Gasteiger partial charge in [0.1, 0.15) is 6.61 Å². The minimum atomic E-state index is 0.0752. The number of carbonyl (C=O) groups is 1. The van der Waals surface area contributed by atoms with Gasteiger partial charge in [0.15, 0.2) is 5.78 Å². The Balaban J connectivity index is 1.81. The number of hydrogen-bond donors (Lipinski definition) is 0.